The average Bonchev–Trinajstić information content (AvgIpc) is 2.44. The third-order valence-electron chi connectivity index (χ3n) is 3.07. The largest absolute Gasteiger partial charge is 0.480 e. The topological polar surface area (TPSA) is 95.0 Å². The molecular weight excluding hydrogens is 296 g/mol. The Morgan fingerprint density at radius 2 is 1.76 bits per heavy atom. The molecule has 1 aromatic carbocycles. The van der Waals surface area contributed by atoms with Crippen LogP contribution in [-0.4, -0.2) is 61.8 Å². The van der Waals surface area contributed by atoms with Crippen molar-refractivity contribution in [3.05, 3.63) is 29.8 Å². The van der Waals surface area contributed by atoms with Gasteiger partial charge in [-0.1, -0.05) is 6.07 Å². The molecule has 1 unspecified atom stereocenters. The molecule has 21 heavy (non-hydrogen) atoms. The number of sulfonamides is 1. The van der Waals surface area contributed by atoms with E-state index in [9.17, 15) is 18.0 Å². The summed E-state index contributed by atoms with van der Waals surface area (Å²) in [6, 6.07) is 4.31. The summed E-state index contributed by atoms with van der Waals surface area (Å²) in [6.07, 6.45) is 0. The maximum atomic E-state index is 12.4. The standard InChI is InChI=1S/C13H18N2O5S/c1-9(13(17)18)15(4)21(19,20)11-7-5-6-10(8-11)12(16)14(2)3/h5-9H,1-4H3,(H,17,18). The minimum atomic E-state index is -3.98. The van der Waals surface area contributed by atoms with Gasteiger partial charge in [0.1, 0.15) is 6.04 Å². The Bertz CT molecular complexity index is 654. The van der Waals surface area contributed by atoms with Crippen LogP contribution in [0.15, 0.2) is 29.2 Å². The lowest BCUT2D eigenvalue weighted by atomic mass is 10.2. The zero-order valence-electron chi connectivity index (χ0n) is 12.3. The van der Waals surface area contributed by atoms with E-state index in [1.807, 2.05) is 0 Å². The third-order valence-corrected chi connectivity index (χ3v) is 4.99. The van der Waals surface area contributed by atoms with Crippen LogP contribution in [0.2, 0.25) is 0 Å². The van der Waals surface area contributed by atoms with Gasteiger partial charge in [-0.05, 0) is 25.1 Å². The maximum Gasteiger partial charge on any atom is 0.321 e. The number of hydrogen-bond acceptors (Lipinski definition) is 4. The zero-order chi connectivity index (χ0) is 16.4. The predicted molar refractivity (Wildman–Crippen MR) is 76.5 cm³/mol. The maximum absolute atomic E-state index is 12.4. The van der Waals surface area contributed by atoms with Crippen LogP contribution in [-0.2, 0) is 14.8 Å². The van der Waals surface area contributed by atoms with E-state index in [-0.39, 0.29) is 16.4 Å². The molecule has 1 aromatic rings. The molecular formula is C13H18N2O5S. The molecule has 0 saturated heterocycles. The van der Waals surface area contributed by atoms with Crippen LogP contribution < -0.4 is 0 Å². The van der Waals surface area contributed by atoms with Crippen molar-refractivity contribution in [3.63, 3.8) is 0 Å². The quantitative estimate of drug-likeness (QED) is 0.853. The molecule has 0 radical (unpaired) electrons. The number of nitrogens with zero attached hydrogens (tertiary/aromatic N) is 2. The molecule has 0 bridgehead atoms. The molecule has 1 amide bonds. The number of carboxylic acid groups (broad SMARTS) is 1. The van der Waals surface area contributed by atoms with Crippen molar-refractivity contribution in [3.8, 4) is 0 Å². The summed E-state index contributed by atoms with van der Waals surface area (Å²) in [5.41, 5.74) is 0.220. The first kappa shape index (κ1) is 17.1. The van der Waals surface area contributed by atoms with Gasteiger partial charge >= 0.3 is 5.97 Å². The van der Waals surface area contributed by atoms with Crippen molar-refractivity contribution >= 4 is 21.9 Å². The molecule has 0 spiro atoms. The van der Waals surface area contributed by atoms with Gasteiger partial charge in [-0.2, -0.15) is 4.31 Å². The van der Waals surface area contributed by atoms with E-state index in [1.54, 1.807) is 14.1 Å². The Morgan fingerprint density at radius 3 is 2.24 bits per heavy atom. The lowest BCUT2D eigenvalue weighted by Gasteiger charge is -2.21. The lowest BCUT2D eigenvalue weighted by Crippen LogP contribution is -2.40. The fourth-order valence-electron chi connectivity index (χ4n) is 1.58. The van der Waals surface area contributed by atoms with Gasteiger partial charge in [0.25, 0.3) is 5.91 Å². The molecule has 0 fully saturated rings. The first-order valence-corrected chi connectivity index (χ1v) is 7.55. The van der Waals surface area contributed by atoms with Crippen molar-refractivity contribution in [1.29, 1.82) is 0 Å². The van der Waals surface area contributed by atoms with Gasteiger partial charge in [0.05, 0.1) is 4.90 Å². The summed E-state index contributed by atoms with van der Waals surface area (Å²) in [6.45, 7) is 1.27. The Morgan fingerprint density at radius 1 is 1.19 bits per heavy atom. The zero-order valence-corrected chi connectivity index (χ0v) is 13.1. The summed E-state index contributed by atoms with van der Waals surface area (Å²) in [7, 11) is 0.321. The van der Waals surface area contributed by atoms with Crippen molar-refractivity contribution < 1.29 is 23.1 Å². The fourth-order valence-corrected chi connectivity index (χ4v) is 2.94. The minimum absolute atomic E-state index is 0.120. The number of carbonyl (C=O) groups excluding carboxylic acids is 1. The van der Waals surface area contributed by atoms with Gasteiger partial charge in [0.15, 0.2) is 0 Å². The highest BCUT2D eigenvalue weighted by Gasteiger charge is 2.29. The van der Waals surface area contributed by atoms with E-state index in [0.717, 1.165) is 4.31 Å². The first-order chi connectivity index (χ1) is 9.59. The molecule has 1 rings (SSSR count). The number of benzene rings is 1. The summed E-state index contributed by atoms with van der Waals surface area (Å²) in [5.74, 6) is -1.58. The highest BCUT2D eigenvalue weighted by molar-refractivity contribution is 7.89. The minimum Gasteiger partial charge on any atom is -0.480 e. The summed E-state index contributed by atoms with van der Waals surface area (Å²) >= 11 is 0. The van der Waals surface area contributed by atoms with Crippen molar-refractivity contribution in [1.82, 2.24) is 9.21 Å². The van der Waals surface area contributed by atoms with Gasteiger partial charge in [0, 0.05) is 26.7 Å². The molecule has 1 atom stereocenters. The van der Waals surface area contributed by atoms with E-state index < -0.39 is 22.0 Å². The summed E-state index contributed by atoms with van der Waals surface area (Å²) in [5, 5.41) is 8.91. The summed E-state index contributed by atoms with van der Waals surface area (Å²) < 4.78 is 25.5. The Balaban J connectivity index is 3.24. The number of carbonyl (C=O) groups is 2. The smallest absolute Gasteiger partial charge is 0.321 e. The molecule has 116 valence electrons. The normalized spacial score (nSPS) is 13.0. The molecule has 1 N–H and O–H groups in total. The van der Waals surface area contributed by atoms with Gasteiger partial charge in [-0.3, -0.25) is 9.59 Å². The van der Waals surface area contributed by atoms with Crippen LogP contribution in [0.3, 0.4) is 0 Å². The Hall–Kier alpha value is -1.93. The van der Waals surface area contributed by atoms with Crippen molar-refractivity contribution in [2.75, 3.05) is 21.1 Å². The van der Waals surface area contributed by atoms with Gasteiger partial charge in [-0.15, -0.1) is 0 Å². The highest BCUT2D eigenvalue weighted by atomic mass is 32.2. The van der Waals surface area contributed by atoms with Crippen LogP contribution in [0.4, 0.5) is 0 Å². The van der Waals surface area contributed by atoms with Crippen LogP contribution in [0.25, 0.3) is 0 Å². The molecule has 0 aliphatic rings. The molecule has 0 aliphatic carbocycles. The average molecular weight is 314 g/mol. The molecule has 0 aliphatic heterocycles. The van der Waals surface area contributed by atoms with Crippen molar-refractivity contribution in [2.24, 2.45) is 0 Å². The highest BCUT2D eigenvalue weighted by Crippen LogP contribution is 2.18. The van der Waals surface area contributed by atoms with Crippen LogP contribution in [0.5, 0.6) is 0 Å². The molecule has 0 saturated carbocycles. The fraction of sp³-hybridized carbons (Fsp3) is 0.385. The predicted octanol–water partition coefficient (Wildman–Crippen LogP) is 0.482. The second-order valence-corrected chi connectivity index (χ2v) is 6.76. The number of amides is 1. The second kappa shape index (κ2) is 6.23. The number of hydrogen-bond donors (Lipinski definition) is 1. The van der Waals surface area contributed by atoms with E-state index in [1.165, 1.54) is 43.1 Å². The monoisotopic (exact) mass is 314 g/mol. The number of carboxylic acids is 1. The second-order valence-electron chi connectivity index (χ2n) is 4.76. The van der Waals surface area contributed by atoms with Gasteiger partial charge < -0.3 is 10.0 Å². The van der Waals surface area contributed by atoms with Crippen LogP contribution >= 0.6 is 0 Å². The van der Waals surface area contributed by atoms with Gasteiger partial charge in [0.2, 0.25) is 10.0 Å². The number of likely N-dealkylation sites (N-methyl/N-ethyl adjacent to an activating group) is 1. The Kier molecular flexibility index (Phi) is 5.08. The SMILES string of the molecule is CC(C(=O)O)N(C)S(=O)(=O)c1cccc(C(=O)N(C)C)c1. The van der Waals surface area contributed by atoms with E-state index >= 15 is 0 Å². The summed E-state index contributed by atoms with van der Waals surface area (Å²) in [4.78, 5) is 24.0. The number of rotatable bonds is 5. The molecule has 0 aromatic heterocycles. The molecule has 0 heterocycles. The molecule has 8 heteroatoms. The van der Waals surface area contributed by atoms with Crippen LogP contribution in [0.1, 0.15) is 17.3 Å². The Labute approximate surface area is 123 Å². The lowest BCUT2D eigenvalue weighted by molar-refractivity contribution is -0.140. The van der Waals surface area contributed by atoms with Crippen LogP contribution in [0, 0.1) is 0 Å². The first-order valence-electron chi connectivity index (χ1n) is 6.11. The van der Waals surface area contributed by atoms with E-state index in [2.05, 4.69) is 0 Å². The van der Waals surface area contributed by atoms with E-state index in [4.69, 9.17) is 5.11 Å². The van der Waals surface area contributed by atoms with E-state index in [0.29, 0.717) is 0 Å². The third kappa shape index (κ3) is 3.59. The van der Waals surface area contributed by atoms with Gasteiger partial charge in [-0.25, -0.2) is 8.42 Å². The van der Waals surface area contributed by atoms with Crippen molar-refractivity contribution in [2.45, 2.75) is 17.9 Å². The number of aliphatic carboxylic acids is 1. The molecule has 7 nitrogen and oxygen atoms in total.